The number of rotatable bonds is 4. The number of carbonyl (C=O) groups excluding carboxylic acids is 1. The van der Waals surface area contributed by atoms with Gasteiger partial charge in [0.05, 0.1) is 11.0 Å². The third-order valence-electron chi connectivity index (χ3n) is 2.65. The summed E-state index contributed by atoms with van der Waals surface area (Å²) in [6.45, 7) is 2.38. The van der Waals surface area contributed by atoms with E-state index >= 15 is 0 Å². The first kappa shape index (κ1) is 12.4. The lowest BCUT2D eigenvalue weighted by atomic mass is 10.1. The zero-order valence-electron chi connectivity index (χ0n) is 10.1. The molecule has 0 aliphatic carbocycles. The molecule has 2 rings (SSSR count). The van der Waals surface area contributed by atoms with Crippen molar-refractivity contribution in [2.45, 2.75) is 6.92 Å². The van der Waals surface area contributed by atoms with E-state index < -0.39 is 0 Å². The Morgan fingerprint density at radius 3 is 2.78 bits per heavy atom. The second-order valence-electron chi connectivity index (χ2n) is 4.26. The summed E-state index contributed by atoms with van der Waals surface area (Å²) >= 11 is 0. The molecule has 2 aromatic rings. The van der Waals surface area contributed by atoms with E-state index in [4.69, 9.17) is 5.11 Å². The van der Waals surface area contributed by atoms with Crippen LogP contribution in [-0.4, -0.2) is 34.1 Å². The molecule has 94 valence electrons. The molecule has 1 atom stereocenters. The Hall–Kier alpha value is -2.01. The van der Waals surface area contributed by atoms with E-state index in [-0.39, 0.29) is 18.4 Å². The van der Waals surface area contributed by atoms with Crippen molar-refractivity contribution < 1.29 is 9.90 Å². The second-order valence-corrected chi connectivity index (χ2v) is 4.26. The maximum absolute atomic E-state index is 11.9. The number of hydrogen-bond donors (Lipinski definition) is 2. The van der Waals surface area contributed by atoms with Gasteiger partial charge in [-0.1, -0.05) is 6.92 Å². The van der Waals surface area contributed by atoms with Gasteiger partial charge in [-0.2, -0.15) is 0 Å². The standard InChI is InChI=1S/C13H15N3O2/c1-9(8-17)7-16-13(18)10-2-3-11-12(6-10)15-5-4-14-11/h2-6,9,17H,7-8H2,1H3,(H,16,18). The number of benzene rings is 1. The van der Waals surface area contributed by atoms with Gasteiger partial charge in [0.25, 0.3) is 5.91 Å². The second kappa shape index (κ2) is 5.55. The van der Waals surface area contributed by atoms with Crippen molar-refractivity contribution in [3.05, 3.63) is 36.2 Å². The number of hydrogen-bond acceptors (Lipinski definition) is 4. The molecule has 1 unspecified atom stereocenters. The maximum Gasteiger partial charge on any atom is 0.251 e. The van der Waals surface area contributed by atoms with Crippen LogP contribution in [0.3, 0.4) is 0 Å². The van der Waals surface area contributed by atoms with Gasteiger partial charge in [0.2, 0.25) is 0 Å². The Bertz CT molecular complexity index is 557. The molecule has 5 heteroatoms. The van der Waals surface area contributed by atoms with Crippen molar-refractivity contribution in [3.63, 3.8) is 0 Å². The predicted molar refractivity (Wildman–Crippen MR) is 68.1 cm³/mol. The van der Waals surface area contributed by atoms with Crippen molar-refractivity contribution in [2.75, 3.05) is 13.2 Å². The fourth-order valence-corrected chi connectivity index (χ4v) is 1.54. The predicted octanol–water partition coefficient (Wildman–Crippen LogP) is 0.988. The van der Waals surface area contributed by atoms with Crippen LogP contribution >= 0.6 is 0 Å². The molecule has 0 saturated carbocycles. The van der Waals surface area contributed by atoms with Gasteiger partial charge in [-0.25, -0.2) is 0 Å². The number of aliphatic hydroxyl groups excluding tert-OH is 1. The number of nitrogens with zero attached hydrogens (tertiary/aromatic N) is 2. The minimum absolute atomic E-state index is 0.0502. The van der Waals surface area contributed by atoms with Crippen molar-refractivity contribution in [1.82, 2.24) is 15.3 Å². The molecule has 0 fully saturated rings. The molecule has 2 N–H and O–H groups in total. The molecule has 0 aliphatic rings. The average molecular weight is 245 g/mol. The molecule has 1 heterocycles. The third-order valence-corrected chi connectivity index (χ3v) is 2.65. The minimum atomic E-state index is -0.164. The first-order chi connectivity index (χ1) is 8.70. The number of nitrogens with one attached hydrogen (secondary N) is 1. The van der Waals surface area contributed by atoms with E-state index in [1.165, 1.54) is 0 Å². The molecule has 1 amide bonds. The lowest BCUT2D eigenvalue weighted by Crippen LogP contribution is -2.29. The van der Waals surface area contributed by atoms with E-state index in [2.05, 4.69) is 15.3 Å². The molecule has 0 spiro atoms. The van der Waals surface area contributed by atoms with Crippen LogP contribution in [0.1, 0.15) is 17.3 Å². The molecule has 1 aromatic carbocycles. The highest BCUT2D eigenvalue weighted by atomic mass is 16.3. The van der Waals surface area contributed by atoms with Gasteiger partial charge in [0.1, 0.15) is 0 Å². The number of aliphatic hydroxyl groups is 1. The minimum Gasteiger partial charge on any atom is -0.396 e. The molecule has 18 heavy (non-hydrogen) atoms. The number of fused-ring (bicyclic) bond motifs is 1. The topological polar surface area (TPSA) is 75.1 Å². The third kappa shape index (κ3) is 2.81. The lowest BCUT2D eigenvalue weighted by molar-refractivity contribution is 0.0942. The Morgan fingerprint density at radius 2 is 2.06 bits per heavy atom. The summed E-state index contributed by atoms with van der Waals surface area (Å²) < 4.78 is 0. The lowest BCUT2D eigenvalue weighted by Gasteiger charge is -2.09. The first-order valence-corrected chi connectivity index (χ1v) is 5.80. The summed E-state index contributed by atoms with van der Waals surface area (Å²) in [4.78, 5) is 20.2. The molecule has 0 saturated heterocycles. The van der Waals surface area contributed by atoms with Crippen LogP contribution in [0.4, 0.5) is 0 Å². The highest BCUT2D eigenvalue weighted by Gasteiger charge is 2.08. The van der Waals surface area contributed by atoms with Crippen LogP contribution in [0.25, 0.3) is 11.0 Å². The van der Waals surface area contributed by atoms with Crippen molar-refractivity contribution in [1.29, 1.82) is 0 Å². The molecular weight excluding hydrogens is 230 g/mol. The Labute approximate surface area is 105 Å². The molecular formula is C13H15N3O2. The smallest absolute Gasteiger partial charge is 0.251 e. The summed E-state index contributed by atoms with van der Waals surface area (Å²) in [5.41, 5.74) is 2.01. The van der Waals surface area contributed by atoms with E-state index in [0.29, 0.717) is 17.6 Å². The average Bonchev–Trinajstić information content (AvgIpc) is 2.43. The summed E-state index contributed by atoms with van der Waals surface area (Å²) in [6.07, 6.45) is 3.21. The van der Waals surface area contributed by atoms with Crippen molar-refractivity contribution in [2.24, 2.45) is 5.92 Å². The summed E-state index contributed by atoms with van der Waals surface area (Å²) in [7, 11) is 0. The monoisotopic (exact) mass is 245 g/mol. The van der Waals surface area contributed by atoms with Crippen LogP contribution in [0.15, 0.2) is 30.6 Å². The van der Waals surface area contributed by atoms with Gasteiger partial charge in [0.15, 0.2) is 0 Å². The fraction of sp³-hybridized carbons (Fsp3) is 0.308. The highest BCUT2D eigenvalue weighted by Crippen LogP contribution is 2.10. The molecule has 0 bridgehead atoms. The van der Waals surface area contributed by atoms with Crippen LogP contribution in [0.5, 0.6) is 0 Å². The van der Waals surface area contributed by atoms with Gasteiger partial charge >= 0.3 is 0 Å². The van der Waals surface area contributed by atoms with Gasteiger partial charge in [-0.15, -0.1) is 0 Å². The molecule has 5 nitrogen and oxygen atoms in total. The normalized spacial score (nSPS) is 12.3. The Balaban J connectivity index is 2.13. The van der Waals surface area contributed by atoms with Crippen molar-refractivity contribution >= 4 is 16.9 Å². The zero-order valence-corrected chi connectivity index (χ0v) is 10.1. The van der Waals surface area contributed by atoms with Crippen molar-refractivity contribution in [3.8, 4) is 0 Å². The Morgan fingerprint density at radius 1 is 1.33 bits per heavy atom. The molecule has 0 aliphatic heterocycles. The van der Waals surface area contributed by atoms with E-state index in [1.807, 2.05) is 6.92 Å². The van der Waals surface area contributed by atoms with Gasteiger partial charge < -0.3 is 10.4 Å². The van der Waals surface area contributed by atoms with Crippen LogP contribution in [0, 0.1) is 5.92 Å². The first-order valence-electron chi connectivity index (χ1n) is 5.80. The molecule has 0 radical (unpaired) electrons. The van der Waals surface area contributed by atoms with Crippen LogP contribution < -0.4 is 5.32 Å². The van der Waals surface area contributed by atoms with Crippen LogP contribution in [0.2, 0.25) is 0 Å². The van der Waals surface area contributed by atoms with Gasteiger partial charge in [0, 0.05) is 31.1 Å². The SMILES string of the molecule is CC(CO)CNC(=O)c1ccc2nccnc2c1. The maximum atomic E-state index is 11.9. The number of aromatic nitrogens is 2. The fourth-order valence-electron chi connectivity index (χ4n) is 1.54. The highest BCUT2D eigenvalue weighted by molar-refractivity contribution is 5.97. The molecule has 1 aromatic heterocycles. The van der Waals surface area contributed by atoms with Gasteiger partial charge in [-0.3, -0.25) is 14.8 Å². The summed E-state index contributed by atoms with van der Waals surface area (Å²) in [5.74, 6) is -0.114. The van der Waals surface area contributed by atoms with Gasteiger partial charge in [-0.05, 0) is 24.1 Å². The van der Waals surface area contributed by atoms with E-state index in [0.717, 1.165) is 5.52 Å². The van der Waals surface area contributed by atoms with Crippen LogP contribution in [-0.2, 0) is 0 Å². The van der Waals surface area contributed by atoms with E-state index in [9.17, 15) is 4.79 Å². The largest absolute Gasteiger partial charge is 0.396 e. The summed E-state index contributed by atoms with van der Waals surface area (Å²) in [6, 6.07) is 5.20. The quantitative estimate of drug-likeness (QED) is 0.842. The van der Waals surface area contributed by atoms with E-state index in [1.54, 1.807) is 30.6 Å². The Kier molecular flexibility index (Phi) is 3.84. The zero-order chi connectivity index (χ0) is 13.0. The summed E-state index contributed by atoms with van der Waals surface area (Å²) in [5, 5.41) is 11.7. The number of amides is 1. The number of carbonyl (C=O) groups is 1.